The molecule has 0 amide bonds. The third-order valence-corrected chi connectivity index (χ3v) is 3.32. The summed E-state index contributed by atoms with van der Waals surface area (Å²) in [5, 5.41) is 12.7. The van der Waals surface area contributed by atoms with Crippen LogP contribution in [0.25, 0.3) is 0 Å². The molecule has 0 aromatic heterocycles. The zero-order valence-corrected chi connectivity index (χ0v) is 11.5. The number of benzene rings is 1. The van der Waals surface area contributed by atoms with E-state index in [0.29, 0.717) is 0 Å². The van der Waals surface area contributed by atoms with Crippen LogP contribution in [-0.4, -0.2) is 18.3 Å². The van der Waals surface area contributed by atoms with Crippen molar-refractivity contribution in [2.45, 2.75) is 46.6 Å². The second-order valence-corrected chi connectivity index (χ2v) is 4.81. The Morgan fingerprint density at radius 1 is 1.12 bits per heavy atom. The maximum atomic E-state index is 9.17. The van der Waals surface area contributed by atoms with Crippen LogP contribution in [0, 0.1) is 20.8 Å². The molecular weight excluding hydrogens is 210 g/mol. The van der Waals surface area contributed by atoms with Gasteiger partial charge in [-0.1, -0.05) is 19.1 Å². The number of aryl methyl sites for hydroxylation is 3. The maximum absolute atomic E-state index is 9.17. The summed E-state index contributed by atoms with van der Waals surface area (Å²) in [5.41, 5.74) is 5.31. The van der Waals surface area contributed by atoms with Crippen molar-refractivity contribution in [3.8, 4) is 0 Å². The van der Waals surface area contributed by atoms with Gasteiger partial charge in [0.1, 0.15) is 0 Å². The molecule has 0 spiro atoms. The predicted molar refractivity (Wildman–Crippen MR) is 73.4 cm³/mol. The van der Waals surface area contributed by atoms with Gasteiger partial charge in [0.15, 0.2) is 0 Å². The molecule has 17 heavy (non-hydrogen) atoms. The highest BCUT2D eigenvalue weighted by Crippen LogP contribution is 2.24. The molecule has 1 atom stereocenters. The van der Waals surface area contributed by atoms with Crippen molar-refractivity contribution in [3.05, 3.63) is 34.4 Å². The molecular formula is C15H25NO. The van der Waals surface area contributed by atoms with Gasteiger partial charge in [0.2, 0.25) is 0 Å². The molecule has 0 radical (unpaired) electrons. The van der Waals surface area contributed by atoms with Crippen molar-refractivity contribution in [1.82, 2.24) is 5.32 Å². The molecule has 0 heterocycles. The third kappa shape index (κ3) is 3.83. The van der Waals surface area contributed by atoms with Gasteiger partial charge in [-0.15, -0.1) is 0 Å². The first-order chi connectivity index (χ1) is 8.10. The van der Waals surface area contributed by atoms with E-state index in [2.05, 4.69) is 45.1 Å². The minimum absolute atomic E-state index is 0.230. The van der Waals surface area contributed by atoms with Crippen molar-refractivity contribution < 1.29 is 5.11 Å². The second-order valence-electron chi connectivity index (χ2n) is 4.81. The van der Waals surface area contributed by atoms with Gasteiger partial charge in [-0.2, -0.15) is 0 Å². The van der Waals surface area contributed by atoms with Gasteiger partial charge in [-0.05, 0) is 62.4 Å². The first kappa shape index (κ1) is 14.2. The van der Waals surface area contributed by atoms with Crippen LogP contribution in [0.2, 0.25) is 0 Å². The van der Waals surface area contributed by atoms with Gasteiger partial charge in [0.05, 0.1) is 0 Å². The van der Waals surface area contributed by atoms with Crippen LogP contribution in [0.15, 0.2) is 12.1 Å². The standard InChI is InChI=1S/C15H25NO/c1-5-7-16-15(6-8-17)14-10-12(3)11(2)9-13(14)4/h9-10,15-17H,5-8H2,1-4H3. The first-order valence-corrected chi connectivity index (χ1v) is 6.52. The summed E-state index contributed by atoms with van der Waals surface area (Å²) in [7, 11) is 0. The SMILES string of the molecule is CCCNC(CCO)c1cc(C)c(C)cc1C. The fourth-order valence-electron chi connectivity index (χ4n) is 2.17. The van der Waals surface area contributed by atoms with Crippen LogP contribution in [0.5, 0.6) is 0 Å². The number of hydrogen-bond donors (Lipinski definition) is 2. The Bertz CT molecular complexity index is 360. The average molecular weight is 235 g/mol. The Hall–Kier alpha value is -0.860. The minimum Gasteiger partial charge on any atom is -0.396 e. The highest BCUT2D eigenvalue weighted by molar-refractivity contribution is 5.38. The summed E-state index contributed by atoms with van der Waals surface area (Å²) in [6.45, 7) is 9.83. The molecule has 1 aromatic carbocycles. The van der Waals surface area contributed by atoms with Crippen LogP contribution in [-0.2, 0) is 0 Å². The Labute approximate surface area is 105 Å². The highest BCUT2D eigenvalue weighted by Gasteiger charge is 2.13. The van der Waals surface area contributed by atoms with Gasteiger partial charge in [0.25, 0.3) is 0 Å². The molecule has 1 unspecified atom stereocenters. The highest BCUT2D eigenvalue weighted by atomic mass is 16.3. The van der Waals surface area contributed by atoms with E-state index >= 15 is 0 Å². The fraction of sp³-hybridized carbons (Fsp3) is 0.600. The monoisotopic (exact) mass is 235 g/mol. The van der Waals surface area contributed by atoms with E-state index in [9.17, 15) is 5.11 Å². The Kier molecular flexibility index (Phi) is 5.66. The normalized spacial score (nSPS) is 12.8. The van der Waals surface area contributed by atoms with Gasteiger partial charge < -0.3 is 10.4 Å². The van der Waals surface area contributed by atoms with Crippen molar-refractivity contribution in [2.75, 3.05) is 13.2 Å². The molecule has 2 N–H and O–H groups in total. The van der Waals surface area contributed by atoms with Gasteiger partial charge in [-0.3, -0.25) is 0 Å². The summed E-state index contributed by atoms with van der Waals surface area (Å²) in [4.78, 5) is 0. The fourth-order valence-corrected chi connectivity index (χ4v) is 2.17. The zero-order chi connectivity index (χ0) is 12.8. The van der Waals surface area contributed by atoms with E-state index < -0.39 is 0 Å². The zero-order valence-electron chi connectivity index (χ0n) is 11.5. The molecule has 0 saturated carbocycles. The first-order valence-electron chi connectivity index (χ1n) is 6.52. The van der Waals surface area contributed by atoms with Crippen molar-refractivity contribution in [1.29, 1.82) is 0 Å². The smallest absolute Gasteiger partial charge is 0.0449 e. The lowest BCUT2D eigenvalue weighted by Crippen LogP contribution is -2.24. The molecule has 96 valence electrons. The van der Waals surface area contributed by atoms with Crippen LogP contribution in [0.3, 0.4) is 0 Å². The minimum atomic E-state index is 0.230. The lowest BCUT2D eigenvalue weighted by molar-refractivity contribution is 0.265. The van der Waals surface area contributed by atoms with Crippen molar-refractivity contribution in [3.63, 3.8) is 0 Å². The van der Waals surface area contributed by atoms with E-state index in [-0.39, 0.29) is 12.6 Å². The van der Waals surface area contributed by atoms with Crippen LogP contribution >= 0.6 is 0 Å². The van der Waals surface area contributed by atoms with E-state index in [1.165, 1.54) is 22.3 Å². The Morgan fingerprint density at radius 3 is 2.35 bits per heavy atom. The number of aliphatic hydroxyl groups excluding tert-OH is 1. The van der Waals surface area contributed by atoms with E-state index in [1.54, 1.807) is 0 Å². The van der Waals surface area contributed by atoms with E-state index in [4.69, 9.17) is 0 Å². The Morgan fingerprint density at radius 2 is 1.76 bits per heavy atom. The van der Waals surface area contributed by atoms with Crippen LogP contribution < -0.4 is 5.32 Å². The lowest BCUT2D eigenvalue weighted by atomic mass is 9.94. The van der Waals surface area contributed by atoms with Gasteiger partial charge in [0, 0.05) is 12.6 Å². The third-order valence-electron chi connectivity index (χ3n) is 3.32. The predicted octanol–water partition coefficient (Wildman–Crippen LogP) is 3.03. The van der Waals surface area contributed by atoms with Crippen molar-refractivity contribution in [2.24, 2.45) is 0 Å². The molecule has 0 aliphatic rings. The quantitative estimate of drug-likeness (QED) is 0.794. The molecule has 0 bridgehead atoms. The number of nitrogens with one attached hydrogen (secondary N) is 1. The molecule has 2 nitrogen and oxygen atoms in total. The summed E-state index contributed by atoms with van der Waals surface area (Å²) in [6.07, 6.45) is 1.90. The largest absolute Gasteiger partial charge is 0.396 e. The topological polar surface area (TPSA) is 32.3 Å². The van der Waals surface area contributed by atoms with Gasteiger partial charge in [-0.25, -0.2) is 0 Å². The summed E-state index contributed by atoms with van der Waals surface area (Å²) < 4.78 is 0. The molecule has 1 aromatic rings. The average Bonchev–Trinajstić information content (AvgIpc) is 2.29. The number of rotatable bonds is 6. The molecule has 2 heteroatoms. The van der Waals surface area contributed by atoms with Crippen LogP contribution in [0.1, 0.15) is 48.1 Å². The maximum Gasteiger partial charge on any atom is 0.0449 e. The molecule has 0 saturated heterocycles. The Balaban J connectivity index is 2.96. The van der Waals surface area contributed by atoms with E-state index in [1.807, 2.05) is 0 Å². The van der Waals surface area contributed by atoms with Gasteiger partial charge >= 0.3 is 0 Å². The summed E-state index contributed by atoms with van der Waals surface area (Å²) >= 11 is 0. The van der Waals surface area contributed by atoms with Crippen LogP contribution in [0.4, 0.5) is 0 Å². The second kappa shape index (κ2) is 6.77. The molecule has 0 aliphatic carbocycles. The summed E-state index contributed by atoms with van der Waals surface area (Å²) in [6, 6.07) is 4.77. The molecule has 0 aliphatic heterocycles. The number of aliphatic hydroxyl groups is 1. The number of hydrogen-bond acceptors (Lipinski definition) is 2. The van der Waals surface area contributed by atoms with E-state index in [0.717, 1.165) is 19.4 Å². The molecule has 1 rings (SSSR count). The molecule has 0 fully saturated rings. The van der Waals surface area contributed by atoms with Crippen molar-refractivity contribution >= 4 is 0 Å². The summed E-state index contributed by atoms with van der Waals surface area (Å²) in [5.74, 6) is 0. The lowest BCUT2D eigenvalue weighted by Gasteiger charge is -2.21.